The van der Waals surface area contributed by atoms with Crippen LogP contribution in [0.15, 0.2) is 30.3 Å². The van der Waals surface area contributed by atoms with Crippen LogP contribution in [0, 0.1) is 0 Å². The molecule has 2 N–H and O–H groups in total. The molecule has 1 rings (SSSR count). The molecule has 0 atom stereocenters. The normalized spacial score (nSPS) is 10.3. The number of carbonyl (C=O) groups excluding carboxylic acids is 3. The highest BCUT2D eigenvalue weighted by Crippen LogP contribution is 2.10. The van der Waals surface area contributed by atoms with Gasteiger partial charge in [0.1, 0.15) is 0 Å². The van der Waals surface area contributed by atoms with Crippen molar-refractivity contribution in [1.82, 2.24) is 5.32 Å². The summed E-state index contributed by atoms with van der Waals surface area (Å²) in [5.41, 5.74) is 1.55. The number of hydrogen-bond donors (Lipinski definition) is 2. The van der Waals surface area contributed by atoms with Crippen LogP contribution in [-0.2, 0) is 19.1 Å². The number of benzene rings is 1. The first kappa shape index (κ1) is 18.4. The Morgan fingerprint density at radius 3 is 2.48 bits per heavy atom. The molecule has 0 aromatic heterocycles. The topological polar surface area (TPSA) is 84.5 Å². The van der Waals surface area contributed by atoms with E-state index < -0.39 is 0 Å². The third-order valence-corrected chi connectivity index (χ3v) is 2.82. The molecule has 0 spiro atoms. The highest BCUT2D eigenvalue weighted by atomic mass is 16.5. The van der Waals surface area contributed by atoms with E-state index in [-0.39, 0.29) is 17.8 Å². The van der Waals surface area contributed by atoms with Gasteiger partial charge in [-0.05, 0) is 37.1 Å². The van der Waals surface area contributed by atoms with Crippen molar-refractivity contribution in [3.8, 4) is 0 Å². The molecular weight excluding hydrogens is 296 g/mol. The Bertz CT molecular complexity index is 564. The first-order valence-electron chi connectivity index (χ1n) is 7.50. The van der Waals surface area contributed by atoms with Crippen molar-refractivity contribution < 1.29 is 19.1 Å². The van der Waals surface area contributed by atoms with Crippen LogP contribution >= 0.6 is 0 Å². The second kappa shape index (κ2) is 10.2. The second-order valence-corrected chi connectivity index (χ2v) is 4.84. The molecule has 124 valence electrons. The molecule has 0 aliphatic heterocycles. The Morgan fingerprint density at radius 1 is 1.17 bits per heavy atom. The Kier molecular flexibility index (Phi) is 8.13. The average Bonchev–Trinajstić information content (AvgIpc) is 2.50. The van der Waals surface area contributed by atoms with E-state index in [1.807, 2.05) is 0 Å². The van der Waals surface area contributed by atoms with Gasteiger partial charge in [0.05, 0.1) is 6.61 Å². The smallest absolute Gasteiger partial charge is 0.305 e. The van der Waals surface area contributed by atoms with Crippen LogP contribution in [0.25, 0.3) is 6.08 Å². The fraction of sp³-hybridized carbons (Fsp3) is 0.353. The Hall–Kier alpha value is -2.63. The molecule has 0 saturated heterocycles. The number of rotatable bonds is 8. The molecule has 1 aromatic carbocycles. The van der Waals surface area contributed by atoms with Crippen LogP contribution in [0.5, 0.6) is 0 Å². The Morgan fingerprint density at radius 2 is 1.87 bits per heavy atom. The molecule has 0 aliphatic rings. The van der Waals surface area contributed by atoms with Crippen LogP contribution in [0.2, 0.25) is 0 Å². The zero-order valence-electron chi connectivity index (χ0n) is 13.4. The number of esters is 1. The highest BCUT2D eigenvalue weighted by molar-refractivity contribution is 5.92. The standard InChI is InChI=1S/C17H22N2O4/c1-3-23-17(22)5-4-12-18-16(21)11-8-14-6-9-15(10-7-14)19-13(2)20/h6-11H,3-5,12H2,1-2H3,(H,18,21)(H,19,20)/b11-8+. The summed E-state index contributed by atoms with van der Waals surface area (Å²) in [7, 11) is 0. The Labute approximate surface area is 135 Å². The predicted molar refractivity (Wildman–Crippen MR) is 88.7 cm³/mol. The minimum Gasteiger partial charge on any atom is -0.466 e. The summed E-state index contributed by atoms with van der Waals surface area (Å²) in [6.07, 6.45) is 3.95. The van der Waals surface area contributed by atoms with Gasteiger partial charge < -0.3 is 15.4 Å². The van der Waals surface area contributed by atoms with E-state index in [0.29, 0.717) is 31.7 Å². The van der Waals surface area contributed by atoms with Crippen molar-refractivity contribution in [2.75, 3.05) is 18.5 Å². The SMILES string of the molecule is CCOC(=O)CCCNC(=O)/C=C/c1ccc(NC(C)=O)cc1. The van der Waals surface area contributed by atoms with E-state index in [1.165, 1.54) is 13.0 Å². The lowest BCUT2D eigenvalue weighted by atomic mass is 10.2. The summed E-state index contributed by atoms with van der Waals surface area (Å²) in [4.78, 5) is 33.7. The van der Waals surface area contributed by atoms with Crippen molar-refractivity contribution in [2.45, 2.75) is 26.7 Å². The number of hydrogen-bond acceptors (Lipinski definition) is 4. The fourth-order valence-corrected chi connectivity index (χ4v) is 1.79. The second-order valence-electron chi connectivity index (χ2n) is 4.84. The first-order chi connectivity index (χ1) is 11.0. The summed E-state index contributed by atoms with van der Waals surface area (Å²) >= 11 is 0. The lowest BCUT2D eigenvalue weighted by Gasteiger charge is -2.03. The van der Waals surface area contributed by atoms with Gasteiger partial charge in [-0.25, -0.2) is 0 Å². The van der Waals surface area contributed by atoms with Crippen LogP contribution in [0.3, 0.4) is 0 Å². The van der Waals surface area contributed by atoms with Gasteiger partial charge in [0.15, 0.2) is 0 Å². The summed E-state index contributed by atoms with van der Waals surface area (Å²) in [5.74, 6) is -0.605. The number of nitrogens with one attached hydrogen (secondary N) is 2. The minimum absolute atomic E-state index is 0.129. The van der Waals surface area contributed by atoms with Gasteiger partial charge >= 0.3 is 5.97 Å². The largest absolute Gasteiger partial charge is 0.466 e. The maximum atomic E-state index is 11.6. The monoisotopic (exact) mass is 318 g/mol. The highest BCUT2D eigenvalue weighted by Gasteiger charge is 2.01. The van der Waals surface area contributed by atoms with Gasteiger partial charge in [0.2, 0.25) is 11.8 Å². The predicted octanol–water partition coefficient (Wildman–Crippen LogP) is 2.12. The third-order valence-electron chi connectivity index (χ3n) is 2.82. The summed E-state index contributed by atoms with van der Waals surface area (Å²) < 4.78 is 4.80. The molecule has 0 fully saturated rings. The third kappa shape index (κ3) is 8.40. The molecule has 0 bridgehead atoms. The molecule has 0 radical (unpaired) electrons. The van der Waals surface area contributed by atoms with Crippen LogP contribution in [0.4, 0.5) is 5.69 Å². The maximum Gasteiger partial charge on any atom is 0.305 e. The van der Waals surface area contributed by atoms with Crippen LogP contribution in [0.1, 0.15) is 32.3 Å². The van der Waals surface area contributed by atoms with Crippen LogP contribution in [-0.4, -0.2) is 30.9 Å². The van der Waals surface area contributed by atoms with E-state index in [4.69, 9.17) is 4.74 Å². The molecule has 0 aliphatic carbocycles. The molecule has 0 unspecified atom stereocenters. The lowest BCUT2D eigenvalue weighted by Crippen LogP contribution is -2.22. The van der Waals surface area contributed by atoms with Crippen molar-refractivity contribution in [1.29, 1.82) is 0 Å². The summed E-state index contributed by atoms with van der Waals surface area (Å²) in [6, 6.07) is 7.13. The molecule has 2 amide bonds. The van der Waals surface area contributed by atoms with Crippen molar-refractivity contribution >= 4 is 29.5 Å². The van der Waals surface area contributed by atoms with Gasteiger partial charge in [-0.2, -0.15) is 0 Å². The van der Waals surface area contributed by atoms with Gasteiger partial charge in [-0.15, -0.1) is 0 Å². The maximum absolute atomic E-state index is 11.6. The molecule has 0 saturated carbocycles. The quantitative estimate of drug-likeness (QED) is 0.437. The minimum atomic E-state index is -0.253. The summed E-state index contributed by atoms with van der Waals surface area (Å²) in [5, 5.41) is 5.37. The van der Waals surface area contributed by atoms with Gasteiger partial charge in [-0.1, -0.05) is 12.1 Å². The number of amides is 2. The van der Waals surface area contributed by atoms with E-state index in [0.717, 1.165) is 5.56 Å². The number of ether oxygens (including phenoxy) is 1. The van der Waals surface area contributed by atoms with Crippen LogP contribution < -0.4 is 10.6 Å². The van der Waals surface area contributed by atoms with Gasteiger partial charge in [-0.3, -0.25) is 14.4 Å². The Balaban J connectivity index is 2.32. The molecular formula is C17H22N2O4. The zero-order valence-corrected chi connectivity index (χ0v) is 13.4. The fourth-order valence-electron chi connectivity index (χ4n) is 1.79. The van der Waals surface area contributed by atoms with Gasteiger partial charge in [0.25, 0.3) is 0 Å². The molecule has 1 aromatic rings. The number of carbonyl (C=O) groups is 3. The molecule has 6 nitrogen and oxygen atoms in total. The lowest BCUT2D eigenvalue weighted by molar-refractivity contribution is -0.143. The van der Waals surface area contributed by atoms with Crippen molar-refractivity contribution in [2.24, 2.45) is 0 Å². The van der Waals surface area contributed by atoms with E-state index in [2.05, 4.69) is 10.6 Å². The first-order valence-corrected chi connectivity index (χ1v) is 7.50. The summed E-state index contributed by atoms with van der Waals surface area (Å²) in [6.45, 7) is 3.99. The molecule has 23 heavy (non-hydrogen) atoms. The average molecular weight is 318 g/mol. The molecule has 6 heteroatoms. The van der Waals surface area contributed by atoms with E-state index in [9.17, 15) is 14.4 Å². The van der Waals surface area contributed by atoms with Crippen molar-refractivity contribution in [3.05, 3.63) is 35.9 Å². The van der Waals surface area contributed by atoms with E-state index >= 15 is 0 Å². The zero-order chi connectivity index (χ0) is 17.1. The molecule has 0 heterocycles. The van der Waals surface area contributed by atoms with E-state index in [1.54, 1.807) is 37.3 Å². The van der Waals surface area contributed by atoms with Gasteiger partial charge in [0, 0.05) is 31.7 Å². The van der Waals surface area contributed by atoms with Crippen molar-refractivity contribution in [3.63, 3.8) is 0 Å². The number of anilines is 1.